The molecule has 0 spiro atoms. The molecule has 0 bridgehead atoms. The fraction of sp³-hybridized carbons (Fsp3) is 0.600. The summed E-state index contributed by atoms with van der Waals surface area (Å²) in [5.74, 6) is 0.220. The molecular formula is C10H16N2O. The van der Waals surface area contributed by atoms with Crippen LogP contribution in [-0.4, -0.2) is 24.8 Å². The summed E-state index contributed by atoms with van der Waals surface area (Å²) in [6, 6.07) is 1.91. The molecule has 0 aliphatic carbocycles. The highest BCUT2D eigenvalue weighted by atomic mass is 16.1. The Kier molecular flexibility index (Phi) is 4.83. The maximum absolute atomic E-state index is 11.4. The third kappa shape index (κ3) is 5.02. The second kappa shape index (κ2) is 5.36. The molecule has 0 heterocycles. The molecule has 0 atom stereocenters. The van der Waals surface area contributed by atoms with Gasteiger partial charge in [-0.05, 0) is 5.92 Å². The Hall–Kier alpha value is -1.30. The van der Waals surface area contributed by atoms with Crippen LogP contribution >= 0.6 is 0 Å². The summed E-state index contributed by atoms with van der Waals surface area (Å²) < 4.78 is 0. The van der Waals surface area contributed by atoms with E-state index >= 15 is 0 Å². The molecule has 0 radical (unpaired) electrons. The monoisotopic (exact) mass is 180 g/mol. The van der Waals surface area contributed by atoms with E-state index in [4.69, 9.17) is 5.26 Å². The molecule has 0 aliphatic rings. The Bertz CT molecular complexity index is 246. The lowest BCUT2D eigenvalue weighted by atomic mass is 10.0. The summed E-state index contributed by atoms with van der Waals surface area (Å²) in [6.45, 7) is 3.92. The lowest BCUT2D eigenvalue weighted by molar-refractivity contribution is -0.115. The van der Waals surface area contributed by atoms with Crippen molar-refractivity contribution in [3.63, 3.8) is 0 Å². The minimum absolute atomic E-state index is 0.0776. The maximum Gasteiger partial charge on any atom is 0.175 e. The Labute approximate surface area is 79.6 Å². The van der Waals surface area contributed by atoms with E-state index in [1.807, 2.05) is 19.9 Å². The molecule has 0 rings (SSSR count). The first-order valence-electron chi connectivity index (χ1n) is 4.29. The molecule has 0 saturated carbocycles. The van der Waals surface area contributed by atoms with Gasteiger partial charge in [0.25, 0.3) is 0 Å². The zero-order valence-corrected chi connectivity index (χ0v) is 8.66. The van der Waals surface area contributed by atoms with Gasteiger partial charge in [0.15, 0.2) is 5.78 Å². The predicted octanol–water partition coefficient (Wildman–Crippen LogP) is 1.57. The fourth-order valence-corrected chi connectivity index (χ4v) is 0.902. The number of hydrogen-bond donors (Lipinski definition) is 0. The molecule has 72 valence electrons. The number of ketones is 1. The number of carbonyl (C=O) groups excluding carboxylic acids is 1. The topological polar surface area (TPSA) is 44.1 Å². The molecule has 0 amide bonds. The molecule has 0 unspecified atom stereocenters. The number of allylic oxidation sites excluding steroid dienone is 1. The highest BCUT2D eigenvalue weighted by molar-refractivity contribution is 5.98. The third-order valence-corrected chi connectivity index (χ3v) is 1.40. The lowest BCUT2D eigenvalue weighted by Gasteiger charge is -2.06. The second-order valence-electron chi connectivity index (χ2n) is 3.64. The molecule has 0 saturated heterocycles. The minimum Gasteiger partial charge on any atom is -0.382 e. The van der Waals surface area contributed by atoms with Crippen molar-refractivity contribution in [2.45, 2.75) is 20.3 Å². The summed E-state index contributed by atoms with van der Waals surface area (Å²) in [7, 11) is 3.58. The fourth-order valence-electron chi connectivity index (χ4n) is 0.902. The van der Waals surface area contributed by atoms with Crippen LogP contribution in [0.3, 0.4) is 0 Å². The van der Waals surface area contributed by atoms with Crippen molar-refractivity contribution in [3.05, 3.63) is 11.8 Å². The van der Waals surface area contributed by atoms with Gasteiger partial charge in [0.2, 0.25) is 0 Å². The number of rotatable bonds is 4. The molecule has 0 aromatic heterocycles. The van der Waals surface area contributed by atoms with Crippen molar-refractivity contribution in [2.75, 3.05) is 14.1 Å². The van der Waals surface area contributed by atoms with Crippen molar-refractivity contribution in [2.24, 2.45) is 5.92 Å². The van der Waals surface area contributed by atoms with Gasteiger partial charge in [-0.1, -0.05) is 13.8 Å². The molecule has 3 nitrogen and oxygen atoms in total. The van der Waals surface area contributed by atoms with Crippen LogP contribution in [0.4, 0.5) is 0 Å². The lowest BCUT2D eigenvalue weighted by Crippen LogP contribution is -2.10. The van der Waals surface area contributed by atoms with Crippen molar-refractivity contribution >= 4 is 5.78 Å². The average Bonchev–Trinajstić information content (AvgIpc) is 1.98. The van der Waals surface area contributed by atoms with E-state index in [1.54, 1.807) is 25.2 Å². The van der Waals surface area contributed by atoms with Crippen molar-refractivity contribution in [1.29, 1.82) is 5.26 Å². The Morgan fingerprint density at radius 1 is 1.54 bits per heavy atom. The summed E-state index contributed by atoms with van der Waals surface area (Å²) in [6.07, 6.45) is 2.00. The number of nitriles is 1. The largest absolute Gasteiger partial charge is 0.382 e. The molecular weight excluding hydrogens is 164 g/mol. The Balaban J connectivity index is 4.44. The van der Waals surface area contributed by atoms with Crippen LogP contribution in [-0.2, 0) is 4.79 Å². The summed E-state index contributed by atoms with van der Waals surface area (Å²) in [5, 5.41) is 8.69. The van der Waals surface area contributed by atoms with Crippen LogP contribution in [0, 0.1) is 17.2 Å². The van der Waals surface area contributed by atoms with Gasteiger partial charge >= 0.3 is 0 Å². The first-order chi connectivity index (χ1) is 5.97. The summed E-state index contributed by atoms with van der Waals surface area (Å²) in [4.78, 5) is 13.1. The molecule has 3 heteroatoms. The summed E-state index contributed by atoms with van der Waals surface area (Å²) in [5.41, 5.74) is 0.235. The van der Waals surface area contributed by atoms with Gasteiger partial charge in [-0.2, -0.15) is 5.26 Å². The van der Waals surface area contributed by atoms with Gasteiger partial charge < -0.3 is 4.90 Å². The molecule has 0 aromatic carbocycles. The second-order valence-corrected chi connectivity index (χ2v) is 3.64. The van der Waals surface area contributed by atoms with E-state index < -0.39 is 0 Å². The zero-order valence-electron chi connectivity index (χ0n) is 8.66. The average molecular weight is 180 g/mol. The van der Waals surface area contributed by atoms with Crippen molar-refractivity contribution in [1.82, 2.24) is 4.90 Å². The first-order valence-corrected chi connectivity index (χ1v) is 4.29. The van der Waals surface area contributed by atoms with E-state index in [1.165, 1.54) is 0 Å². The molecule has 0 fully saturated rings. The van der Waals surface area contributed by atoms with Gasteiger partial charge in [-0.25, -0.2) is 0 Å². The van der Waals surface area contributed by atoms with Crippen LogP contribution in [0.25, 0.3) is 0 Å². The molecule has 13 heavy (non-hydrogen) atoms. The third-order valence-electron chi connectivity index (χ3n) is 1.40. The zero-order chi connectivity index (χ0) is 10.4. The normalized spacial score (nSPS) is 11.2. The first kappa shape index (κ1) is 11.7. The van der Waals surface area contributed by atoms with Crippen molar-refractivity contribution in [3.8, 4) is 6.07 Å². The number of Topliss-reactive ketones (excluding diaryl/α,β-unsaturated/α-hetero) is 1. The van der Waals surface area contributed by atoms with E-state index in [0.717, 1.165) is 0 Å². The van der Waals surface area contributed by atoms with Crippen LogP contribution in [0.5, 0.6) is 0 Å². The van der Waals surface area contributed by atoms with Crippen molar-refractivity contribution < 1.29 is 4.79 Å². The van der Waals surface area contributed by atoms with Gasteiger partial charge in [0.1, 0.15) is 11.6 Å². The number of hydrogen-bond acceptors (Lipinski definition) is 3. The maximum atomic E-state index is 11.4. The van der Waals surface area contributed by atoms with Gasteiger partial charge in [0.05, 0.1) is 0 Å². The molecule has 0 aromatic rings. The smallest absolute Gasteiger partial charge is 0.175 e. The van der Waals surface area contributed by atoms with E-state index in [9.17, 15) is 4.79 Å². The van der Waals surface area contributed by atoms with E-state index in [2.05, 4.69) is 0 Å². The van der Waals surface area contributed by atoms with Crippen LogP contribution < -0.4 is 0 Å². The standard InChI is InChI=1S/C10H16N2O/c1-8(2)5-10(13)9(6-11)7-12(3)4/h7-8H,5H2,1-4H3/b9-7+. The van der Waals surface area contributed by atoms with Gasteiger partial charge in [-0.3, -0.25) is 4.79 Å². The number of nitrogens with zero attached hydrogens (tertiary/aromatic N) is 2. The molecule has 0 aliphatic heterocycles. The highest BCUT2D eigenvalue weighted by Gasteiger charge is 2.10. The molecule has 0 N–H and O–H groups in total. The van der Waals surface area contributed by atoms with E-state index in [-0.39, 0.29) is 11.4 Å². The van der Waals surface area contributed by atoms with Crippen LogP contribution in [0.15, 0.2) is 11.8 Å². The Morgan fingerprint density at radius 2 is 2.08 bits per heavy atom. The van der Waals surface area contributed by atoms with E-state index in [0.29, 0.717) is 12.3 Å². The minimum atomic E-state index is -0.0776. The highest BCUT2D eigenvalue weighted by Crippen LogP contribution is 2.06. The predicted molar refractivity (Wildman–Crippen MR) is 51.8 cm³/mol. The van der Waals surface area contributed by atoms with Gasteiger partial charge in [0, 0.05) is 26.7 Å². The SMILES string of the molecule is CC(C)CC(=O)/C(C#N)=C/N(C)C. The quantitative estimate of drug-likeness (QED) is 0.487. The Morgan fingerprint density at radius 3 is 2.38 bits per heavy atom. The van der Waals surface area contributed by atoms with Crippen LogP contribution in [0.1, 0.15) is 20.3 Å². The number of carbonyl (C=O) groups is 1. The summed E-state index contributed by atoms with van der Waals surface area (Å²) >= 11 is 0. The van der Waals surface area contributed by atoms with Gasteiger partial charge in [-0.15, -0.1) is 0 Å². The van der Waals surface area contributed by atoms with Crippen LogP contribution in [0.2, 0.25) is 0 Å².